The number of benzene rings is 1. The summed E-state index contributed by atoms with van der Waals surface area (Å²) in [5.41, 5.74) is -0.906. The third-order valence-corrected chi connectivity index (χ3v) is 4.76. The van der Waals surface area contributed by atoms with Crippen LogP contribution in [0.1, 0.15) is 35.0 Å². The molecule has 3 nitrogen and oxygen atoms in total. The van der Waals surface area contributed by atoms with E-state index in [1.165, 1.54) is 0 Å². The van der Waals surface area contributed by atoms with Crippen molar-refractivity contribution in [2.45, 2.75) is 31.4 Å². The van der Waals surface area contributed by atoms with Gasteiger partial charge in [-0.25, -0.2) is 9.37 Å². The van der Waals surface area contributed by atoms with E-state index in [-0.39, 0.29) is 17.2 Å². The van der Waals surface area contributed by atoms with Gasteiger partial charge >= 0.3 is 12.1 Å². The zero-order valence-electron chi connectivity index (χ0n) is 11.7. The van der Waals surface area contributed by atoms with Crippen LogP contribution in [0.2, 0.25) is 0 Å². The zero-order valence-corrected chi connectivity index (χ0v) is 12.5. The molecule has 1 N–H and O–H groups in total. The molecular formula is C15H11F4NO2S. The highest BCUT2D eigenvalue weighted by Gasteiger charge is 2.33. The summed E-state index contributed by atoms with van der Waals surface area (Å²) >= 11 is 1.14. The average molecular weight is 345 g/mol. The van der Waals surface area contributed by atoms with Gasteiger partial charge < -0.3 is 5.11 Å². The van der Waals surface area contributed by atoms with Crippen molar-refractivity contribution in [2.75, 3.05) is 0 Å². The fourth-order valence-corrected chi connectivity index (χ4v) is 3.49. The number of aliphatic carboxylic acids is 1. The molecule has 1 saturated carbocycles. The van der Waals surface area contributed by atoms with Gasteiger partial charge in [-0.15, -0.1) is 11.3 Å². The maximum atomic E-state index is 13.6. The van der Waals surface area contributed by atoms with Crippen LogP contribution in [0.15, 0.2) is 18.2 Å². The minimum Gasteiger partial charge on any atom is -0.481 e. The van der Waals surface area contributed by atoms with Gasteiger partial charge in [-0.2, -0.15) is 13.2 Å². The summed E-state index contributed by atoms with van der Waals surface area (Å²) < 4.78 is 52.1. The van der Waals surface area contributed by atoms with Crippen molar-refractivity contribution in [2.24, 2.45) is 0 Å². The molecule has 0 spiro atoms. The molecule has 1 aliphatic rings. The fraction of sp³-hybridized carbons (Fsp3) is 0.333. The monoisotopic (exact) mass is 345 g/mol. The molecule has 23 heavy (non-hydrogen) atoms. The van der Waals surface area contributed by atoms with Gasteiger partial charge in [0.25, 0.3) is 0 Å². The van der Waals surface area contributed by atoms with Crippen LogP contribution >= 0.6 is 11.3 Å². The molecule has 2 aromatic rings. The molecule has 3 rings (SSSR count). The fourth-order valence-electron chi connectivity index (χ4n) is 2.25. The second-order valence-corrected chi connectivity index (χ2v) is 6.43. The summed E-state index contributed by atoms with van der Waals surface area (Å²) in [6, 6.07) is 2.23. The lowest BCUT2D eigenvalue weighted by Gasteiger charge is -2.09. The third kappa shape index (κ3) is 3.52. The molecule has 1 aromatic carbocycles. The van der Waals surface area contributed by atoms with Gasteiger partial charge in [0, 0.05) is 5.92 Å². The second-order valence-electron chi connectivity index (χ2n) is 5.40. The van der Waals surface area contributed by atoms with Crippen molar-refractivity contribution in [1.29, 1.82) is 0 Å². The molecule has 8 heteroatoms. The van der Waals surface area contributed by atoms with E-state index in [2.05, 4.69) is 4.98 Å². The number of aromatic nitrogens is 1. The van der Waals surface area contributed by atoms with E-state index in [1.807, 2.05) is 0 Å². The van der Waals surface area contributed by atoms with Gasteiger partial charge in [-0.1, -0.05) is 0 Å². The zero-order chi connectivity index (χ0) is 16.8. The van der Waals surface area contributed by atoms with Gasteiger partial charge in [0.2, 0.25) is 0 Å². The first-order valence-electron chi connectivity index (χ1n) is 6.83. The summed E-state index contributed by atoms with van der Waals surface area (Å²) in [6.07, 6.45) is -3.23. The maximum absolute atomic E-state index is 13.6. The molecule has 0 unspecified atom stereocenters. The smallest absolute Gasteiger partial charge is 0.416 e. The number of rotatable bonds is 4. The number of halogens is 4. The Bertz CT molecular complexity index is 765. The number of carbonyl (C=O) groups is 1. The number of alkyl halides is 3. The topological polar surface area (TPSA) is 50.2 Å². The lowest BCUT2D eigenvalue weighted by molar-refractivity contribution is -0.138. The summed E-state index contributed by atoms with van der Waals surface area (Å²) in [7, 11) is 0. The van der Waals surface area contributed by atoms with E-state index in [4.69, 9.17) is 5.11 Å². The largest absolute Gasteiger partial charge is 0.481 e. The van der Waals surface area contributed by atoms with Gasteiger partial charge in [-0.3, -0.25) is 4.79 Å². The van der Waals surface area contributed by atoms with Crippen LogP contribution in [-0.2, 0) is 17.4 Å². The molecule has 0 bridgehead atoms. The van der Waals surface area contributed by atoms with Crippen molar-refractivity contribution in [1.82, 2.24) is 4.98 Å². The molecule has 0 saturated heterocycles. The first kappa shape index (κ1) is 15.9. The van der Waals surface area contributed by atoms with Crippen molar-refractivity contribution in [3.63, 3.8) is 0 Å². The Labute approximate surface area is 132 Å². The van der Waals surface area contributed by atoms with Crippen molar-refractivity contribution in [3.05, 3.63) is 40.3 Å². The van der Waals surface area contributed by atoms with E-state index in [0.29, 0.717) is 16.0 Å². The molecule has 0 atom stereocenters. The number of nitrogens with zero attached hydrogens (tertiary/aromatic N) is 1. The molecule has 1 heterocycles. The lowest BCUT2D eigenvalue weighted by atomic mass is 10.1. The standard InChI is InChI=1S/C15H11F4NO2S/c16-10-4-8(3-9(5-10)15(17,18)19)13-11(6-12(21)22)20-14(23-13)7-1-2-7/h3-5,7H,1-2,6H2,(H,21,22). The predicted molar refractivity (Wildman–Crippen MR) is 75.8 cm³/mol. The highest BCUT2D eigenvalue weighted by atomic mass is 32.1. The Kier molecular flexibility index (Phi) is 3.87. The Morgan fingerprint density at radius 2 is 2.00 bits per heavy atom. The minimum absolute atomic E-state index is 0.0120. The van der Waals surface area contributed by atoms with Crippen molar-refractivity contribution < 1.29 is 27.5 Å². The number of hydrogen-bond acceptors (Lipinski definition) is 3. The highest BCUT2D eigenvalue weighted by Crippen LogP contribution is 2.45. The van der Waals surface area contributed by atoms with Gasteiger partial charge in [-0.05, 0) is 36.6 Å². The summed E-state index contributed by atoms with van der Waals surface area (Å²) in [5.74, 6) is -1.92. The highest BCUT2D eigenvalue weighted by molar-refractivity contribution is 7.15. The van der Waals surface area contributed by atoms with Crippen LogP contribution in [0.5, 0.6) is 0 Å². The molecule has 1 fully saturated rings. The van der Waals surface area contributed by atoms with Gasteiger partial charge in [0.1, 0.15) is 5.82 Å². The first-order chi connectivity index (χ1) is 10.7. The average Bonchev–Trinajstić information content (AvgIpc) is 3.19. The molecule has 1 aliphatic carbocycles. The number of carboxylic acids is 1. The van der Waals surface area contributed by atoms with Gasteiger partial charge in [0.05, 0.1) is 27.6 Å². The minimum atomic E-state index is -4.67. The normalized spacial score (nSPS) is 15.0. The summed E-state index contributed by atoms with van der Waals surface area (Å²) in [6.45, 7) is 0. The third-order valence-electron chi connectivity index (χ3n) is 3.45. The van der Waals surface area contributed by atoms with E-state index >= 15 is 0 Å². The first-order valence-corrected chi connectivity index (χ1v) is 7.65. The molecule has 0 aliphatic heterocycles. The van der Waals surface area contributed by atoms with Crippen molar-refractivity contribution >= 4 is 17.3 Å². The van der Waals surface area contributed by atoms with Crippen molar-refractivity contribution in [3.8, 4) is 10.4 Å². The van der Waals surface area contributed by atoms with E-state index in [9.17, 15) is 22.4 Å². The van der Waals surface area contributed by atoms with Crippen LogP contribution in [0, 0.1) is 5.82 Å². The van der Waals surface area contributed by atoms with Crippen LogP contribution in [0.25, 0.3) is 10.4 Å². The molecule has 122 valence electrons. The second kappa shape index (κ2) is 5.59. The Balaban J connectivity index is 2.09. The van der Waals surface area contributed by atoms with E-state index in [0.717, 1.165) is 36.3 Å². The van der Waals surface area contributed by atoms with Crippen LogP contribution in [-0.4, -0.2) is 16.1 Å². The number of thiazole rings is 1. The lowest BCUT2D eigenvalue weighted by Crippen LogP contribution is -2.06. The number of hydrogen-bond donors (Lipinski definition) is 1. The quantitative estimate of drug-likeness (QED) is 0.832. The van der Waals surface area contributed by atoms with Gasteiger partial charge in [0.15, 0.2) is 0 Å². The maximum Gasteiger partial charge on any atom is 0.416 e. The predicted octanol–water partition coefficient (Wildman–Crippen LogP) is 4.47. The number of carboxylic acid groups (broad SMARTS) is 1. The Hall–Kier alpha value is -1.96. The molecular weight excluding hydrogens is 334 g/mol. The summed E-state index contributed by atoms with van der Waals surface area (Å²) in [4.78, 5) is 15.5. The summed E-state index contributed by atoms with van der Waals surface area (Å²) in [5, 5.41) is 9.65. The Morgan fingerprint density at radius 3 is 2.57 bits per heavy atom. The van der Waals surface area contributed by atoms with Crippen LogP contribution < -0.4 is 0 Å². The Morgan fingerprint density at radius 1 is 1.30 bits per heavy atom. The van der Waals surface area contributed by atoms with E-state index < -0.39 is 29.9 Å². The molecule has 0 amide bonds. The molecule has 0 radical (unpaired) electrons. The van der Waals surface area contributed by atoms with Crippen LogP contribution in [0.3, 0.4) is 0 Å². The van der Waals surface area contributed by atoms with E-state index in [1.54, 1.807) is 0 Å². The SMILES string of the molecule is O=C(O)Cc1nc(C2CC2)sc1-c1cc(F)cc(C(F)(F)F)c1. The molecule has 1 aromatic heterocycles. The van der Waals surface area contributed by atoms with Crippen LogP contribution in [0.4, 0.5) is 17.6 Å².